The van der Waals surface area contributed by atoms with E-state index in [9.17, 15) is 4.79 Å². The average molecular weight is 128 g/mol. The highest BCUT2D eigenvalue weighted by molar-refractivity contribution is 5.87. The van der Waals surface area contributed by atoms with Crippen LogP contribution < -0.4 is 0 Å². The summed E-state index contributed by atoms with van der Waals surface area (Å²) >= 11 is 0. The standard InChI is InChI=1S/C6H8O3/c7-3-5(6(8)9)4-1-2-4/h3-4,7H,1-2H2,(H,8,9). The van der Waals surface area contributed by atoms with E-state index in [1.165, 1.54) is 0 Å². The van der Waals surface area contributed by atoms with Gasteiger partial charge in [0.05, 0.1) is 11.8 Å². The molecule has 0 aromatic carbocycles. The quantitative estimate of drug-likeness (QED) is 0.429. The molecule has 0 spiro atoms. The van der Waals surface area contributed by atoms with Crippen molar-refractivity contribution in [1.82, 2.24) is 0 Å². The van der Waals surface area contributed by atoms with Crippen molar-refractivity contribution in [2.45, 2.75) is 12.8 Å². The van der Waals surface area contributed by atoms with Crippen molar-refractivity contribution in [3.8, 4) is 0 Å². The van der Waals surface area contributed by atoms with E-state index >= 15 is 0 Å². The van der Waals surface area contributed by atoms with Crippen LogP contribution in [0.3, 0.4) is 0 Å². The maximum absolute atomic E-state index is 10.2. The van der Waals surface area contributed by atoms with Crippen molar-refractivity contribution in [1.29, 1.82) is 0 Å². The van der Waals surface area contributed by atoms with Crippen LogP contribution in [0.5, 0.6) is 0 Å². The molecular weight excluding hydrogens is 120 g/mol. The minimum absolute atomic E-state index is 0.118. The summed E-state index contributed by atoms with van der Waals surface area (Å²) in [6.45, 7) is 0. The number of aliphatic hydroxyl groups is 1. The predicted octanol–water partition coefficient (Wildman–Crippen LogP) is 0.923. The van der Waals surface area contributed by atoms with Crippen LogP contribution in [0.15, 0.2) is 11.8 Å². The molecule has 0 aliphatic heterocycles. The Balaban J connectivity index is 2.59. The lowest BCUT2D eigenvalue weighted by Crippen LogP contribution is -2.01. The van der Waals surface area contributed by atoms with Crippen molar-refractivity contribution in [3.63, 3.8) is 0 Å². The van der Waals surface area contributed by atoms with Crippen LogP contribution >= 0.6 is 0 Å². The molecule has 1 aliphatic rings. The van der Waals surface area contributed by atoms with Crippen molar-refractivity contribution in [2.75, 3.05) is 0 Å². The molecule has 0 unspecified atom stereocenters. The van der Waals surface area contributed by atoms with Crippen LogP contribution in [0.1, 0.15) is 12.8 Å². The first kappa shape index (κ1) is 6.13. The minimum Gasteiger partial charge on any atom is -0.515 e. The Kier molecular flexibility index (Phi) is 1.42. The number of hydrogen-bond acceptors (Lipinski definition) is 2. The van der Waals surface area contributed by atoms with Crippen LogP contribution in [0.4, 0.5) is 0 Å². The lowest BCUT2D eigenvalue weighted by Gasteiger charge is -1.92. The first-order valence-electron chi connectivity index (χ1n) is 2.83. The van der Waals surface area contributed by atoms with Gasteiger partial charge in [-0.25, -0.2) is 4.79 Å². The van der Waals surface area contributed by atoms with Gasteiger partial charge in [0.15, 0.2) is 0 Å². The van der Waals surface area contributed by atoms with Gasteiger partial charge in [-0.3, -0.25) is 0 Å². The van der Waals surface area contributed by atoms with Crippen LogP contribution in [-0.4, -0.2) is 16.2 Å². The number of aliphatic hydroxyl groups excluding tert-OH is 1. The van der Waals surface area contributed by atoms with Gasteiger partial charge in [-0.1, -0.05) is 0 Å². The van der Waals surface area contributed by atoms with E-state index in [0.29, 0.717) is 6.26 Å². The molecule has 1 saturated carbocycles. The third-order valence-electron chi connectivity index (χ3n) is 1.40. The topological polar surface area (TPSA) is 57.5 Å². The van der Waals surface area contributed by atoms with Gasteiger partial charge < -0.3 is 10.2 Å². The van der Waals surface area contributed by atoms with E-state index in [0.717, 1.165) is 12.8 Å². The van der Waals surface area contributed by atoms with Gasteiger partial charge >= 0.3 is 5.97 Å². The summed E-state index contributed by atoms with van der Waals surface area (Å²) in [5, 5.41) is 16.7. The number of carboxylic acids is 1. The van der Waals surface area contributed by atoms with Crippen molar-refractivity contribution < 1.29 is 15.0 Å². The van der Waals surface area contributed by atoms with Gasteiger partial charge in [-0.05, 0) is 18.8 Å². The summed E-state index contributed by atoms with van der Waals surface area (Å²) in [5.41, 5.74) is 0.148. The number of carbonyl (C=O) groups is 1. The zero-order valence-corrected chi connectivity index (χ0v) is 4.87. The van der Waals surface area contributed by atoms with Gasteiger partial charge in [-0.2, -0.15) is 0 Å². The molecule has 0 saturated heterocycles. The Hall–Kier alpha value is -0.990. The second-order valence-electron chi connectivity index (χ2n) is 2.16. The molecule has 3 heteroatoms. The summed E-state index contributed by atoms with van der Waals surface area (Å²) in [6.07, 6.45) is 2.50. The molecule has 0 amide bonds. The predicted molar refractivity (Wildman–Crippen MR) is 31.1 cm³/mol. The first-order chi connectivity index (χ1) is 4.25. The highest BCUT2D eigenvalue weighted by Gasteiger charge is 2.30. The van der Waals surface area contributed by atoms with Crippen molar-refractivity contribution in [2.24, 2.45) is 5.92 Å². The molecule has 0 radical (unpaired) electrons. The highest BCUT2D eigenvalue weighted by atomic mass is 16.4. The molecule has 0 aromatic heterocycles. The maximum atomic E-state index is 10.2. The van der Waals surface area contributed by atoms with Gasteiger partial charge in [0.1, 0.15) is 0 Å². The maximum Gasteiger partial charge on any atom is 0.334 e. The van der Waals surface area contributed by atoms with Crippen LogP contribution in [0.2, 0.25) is 0 Å². The van der Waals surface area contributed by atoms with Crippen molar-refractivity contribution in [3.05, 3.63) is 11.8 Å². The van der Waals surface area contributed by atoms with E-state index < -0.39 is 5.97 Å². The van der Waals surface area contributed by atoms with Gasteiger partial charge in [0.25, 0.3) is 0 Å². The first-order valence-corrected chi connectivity index (χ1v) is 2.83. The molecule has 0 heterocycles. The van der Waals surface area contributed by atoms with E-state index in [1.807, 2.05) is 0 Å². The third kappa shape index (κ3) is 1.22. The van der Waals surface area contributed by atoms with E-state index in [1.54, 1.807) is 0 Å². The van der Waals surface area contributed by atoms with Crippen LogP contribution in [0.25, 0.3) is 0 Å². The smallest absolute Gasteiger partial charge is 0.334 e. The Bertz CT molecular complexity index is 156. The van der Waals surface area contributed by atoms with Crippen LogP contribution in [0, 0.1) is 5.92 Å². The van der Waals surface area contributed by atoms with Gasteiger partial charge in [0.2, 0.25) is 0 Å². The van der Waals surface area contributed by atoms with Crippen molar-refractivity contribution >= 4 is 5.97 Å². The summed E-state index contributed by atoms with van der Waals surface area (Å²) in [6, 6.07) is 0. The fourth-order valence-corrected chi connectivity index (χ4v) is 0.730. The molecule has 9 heavy (non-hydrogen) atoms. The number of carboxylic acid groups (broad SMARTS) is 1. The Labute approximate surface area is 52.6 Å². The normalized spacial score (nSPS) is 19.8. The van der Waals surface area contributed by atoms with Crippen LogP contribution in [-0.2, 0) is 4.79 Å². The summed E-state index contributed by atoms with van der Waals surface area (Å²) in [7, 11) is 0. The van der Waals surface area contributed by atoms with E-state index in [2.05, 4.69) is 0 Å². The molecule has 2 N–H and O–H groups in total. The molecule has 0 bridgehead atoms. The second kappa shape index (κ2) is 2.09. The monoisotopic (exact) mass is 128 g/mol. The molecule has 0 atom stereocenters. The second-order valence-corrected chi connectivity index (χ2v) is 2.16. The lowest BCUT2D eigenvalue weighted by atomic mass is 10.2. The van der Waals surface area contributed by atoms with Gasteiger partial charge in [0, 0.05) is 0 Å². The number of rotatable bonds is 2. The summed E-state index contributed by atoms with van der Waals surface area (Å²) < 4.78 is 0. The minimum atomic E-state index is -1.00. The van der Waals surface area contributed by atoms with E-state index in [-0.39, 0.29) is 11.5 Å². The molecular formula is C6H8O3. The zero-order chi connectivity index (χ0) is 6.85. The Morgan fingerprint density at radius 3 is 2.22 bits per heavy atom. The molecule has 1 rings (SSSR count). The Morgan fingerprint density at radius 2 is 2.11 bits per heavy atom. The SMILES string of the molecule is O=C(O)C(=CO)C1CC1. The average Bonchev–Trinajstić information content (AvgIpc) is 2.50. The molecule has 1 fully saturated rings. The highest BCUT2D eigenvalue weighted by Crippen LogP contribution is 2.35. The fourth-order valence-electron chi connectivity index (χ4n) is 0.730. The molecule has 1 aliphatic carbocycles. The molecule has 50 valence electrons. The molecule has 3 nitrogen and oxygen atoms in total. The summed E-state index contributed by atoms with van der Waals surface area (Å²) in [4.78, 5) is 10.2. The summed E-state index contributed by atoms with van der Waals surface area (Å²) in [5.74, 6) is -0.882. The molecule has 0 aromatic rings. The number of hydrogen-bond donors (Lipinski definition) is 2. The number of aliphatic carboxylic acids is 1. The van der Waals surface area contributed by atoms with E-state index in [4.69, 9.17) is 10.2 Å². The lowest BCUT2D eigenvalue weighted by molar-refractivity contribution is -0.133. The largest absolute Gasteiger partial charge is 0.515 e. The Morgan fingerprint density at radius 1 is 1.56 bits per heavy atom. The zero-order valence-electron chi connectivity index (χ0n) is 4.87. The third-order valence-corrected chi connectivity index (χ3v) is 1.40. The fraction of sp³-hybridized carbons (Fsp3) is 0.500. The van der Waals surface area contributed by atoms with Gasteiger partial charge in [-0.15, -0.1) is 0 Å².